The lowest BCUT2D eigenvalue weighted by molar-refractivity contribution is 0.0742. The van der Waals surface area contributed by atoms with E-state index >= 15 is 0 Å². The van der Waals surface area contributed by atoms with E-state index in [0.717, 1.165) is 39.3 Å². The van der Waals surface area contributed by atoms with E-state index in [1.54, 1.807) is 0 Å². The van der Waals surface area contributed by atoms with Gasteiger partial charge in [0.2, 0.25) is 0 Å². The van der Waals surface area contributed by atoms with E-state index in [-0.39, 0.29) is 0 Å². The van der Waals surface area contributed by atoms with Crippen molar-refractivity contribution in [3.8, 4) is 0 Å². The SMILES string of the molecule is Cc1ccc(CNCCC2COCCN2)c(C)c1C. The standard InChI is InChI=1S/C16H26N2O/c1-12-4-5-15(14(3)13(12)2)10-17-7-6-16-11-19-9-8-18-16/h4-5,16-18H,6-11H2,1-3H3. The van der Waals surface area contributed by atoms with Gasteiger partial charge in [0.25, 0.3) is 0 Å². The maximum atomic E-state index is 5.46. The zero-order chi connectivity index (χ0) is 13.7. The number of rotatable bonds is 5. The van der Waals surface area contributed by atoms with Crippen LogP contribution in [0.4, 0.5) is 0 Å². The predicted molar refractivity (Wildman–Crippen MR) is 79.6 cm³/mol. The van der Waals surface area contributed by atoms with Crippen LogP contribution in [0.1, 0.15) is 28.7 Å². The summed E-state index contributed by atoms with van der Waals surface area (Å²) in [5.74, 6) is 0. The van der Waals surface area contributed by atoms with Gasteiger partial charge in [0.1, 0.15) is 0 Å². The first kappa shape index (κ1) is 14.5. The van der Waals surface area contributed by atoms with Crippen LogP contribution in [0.15, 0.2) is 12.1 Å². The average molecular weight is 262 g/mol. The quantitative estimate of drug-likeness (QED) is 0.797. The van der Waals surface area contributed by atoms with Crippen LogP contribution >= 0.6 is 0 Å². The van der Waals surface area contributed by atoms with E-state index in [1.807, 2.05) is 0 Å². The van der Waals surface area contributed by atoms with Gasteiger partial charge >= 0.3 is 0 Å². The van der Waals surface area contributed by atoms with Crippen molar-refractivity contribution >= 4 is 0 Å². The fourth-order valence-electron chi connectivity index (χ4n) is 2.51. The second kappa shape index (κ2) is 7.04. The van der Waals surface area contributed by atoms with Crippen molar-refractivity contribution < 1.29 is 4.74 Å². The lowest BCUT2D eigenvalue weighted by atomic mass is 9.99. The highest BCUT2D eigenvalue weighted by atomic mass is 16.5. The van der Waals surface area contributed by atoms with Crippen molar-refractivity contribution in [3.63, 3.8) is 0 Å². The van der Waals surface area contributed by atoms with Crippen molar-refractivity contribution in [2.75, 3.05) is 26.3 Å². The first-order chi connectivity index (χ1) is 9.18. The second-order valence-corrected chi connectivity index (χ2v) is 5.48. The smallest absolute Gasteiger partial charge is 0.0620 e. The molecule has 1 aliphatic heterocycles. The van der Waals surface area contributed by atoms with Gasteiger partial charge in [-0.05, 0) is 56.0 Å². The highest BCUT2D eigenvalue weighted by Gasteiger charge is 2.12. The molecule has 2 N–H and O–H groups in total. The number of nitrogens with one attached hydrogen (secondary N) is 2. The summed E-state index contributed by atoms with van der Waals surface area (Å²) >= 11 is 0. The third-order valence-corrected chi connectivity index (χ3v) is 4.15. The molecule has 3 nitrogen and oxygen atoms in total. The monoisotopic (exact) mass is 262 g/mol. The molecule has 1 aromatic rings. The minimum atomic E-state index is 0.516. The number of aryl methyl sites for hydroxylation is 1. The zero-order valence-electron chi connectivity index (χ0n) is 12.4. The number of hydrogen-bond acceptors (Lipinski definition) is 3. The van der Waals surface area contributed by atoms with Crippen LogP contribution in [0.2, 0.25) is 0 Å². The molecule has 0 amide bonds. The number of ether oxygens (including phenoxy) is 1. The van der Waals surface area contributed by atoms with Gasteiger partial charge in [-0.3, -0.25) is 0 Å². The van der Waals surface area contributed by atoms with Crippen LogP contribution in [0.5, 0.6) is 0 Å². The van der Waals surface area contributed by atoms with Crippen LogP contribution in [-0.2, 0) is 11.3 Å². The van der Waals surface area contributed by atoms with Gasteiger partial charge in [-0.2, -0.15) is 0 Å². The molecule has 1 fully saturated rings. The highest BCUT2D eigenvalue weighted by Crippen LogP contribution is 2.16. The molecule has 2 rings (SSSR count). The van der Waals surface area contributed by atoms with Gasteiger partial charge in [-0.1, -0.05) is 12.1 Å². The van der Waals surface area contributed by atoms with E-state index in [4.69, 9.17) is 4.74 Å². The highest BCUT2D eigenvalue weighted by molar-refractivity contribution is 5.38. The Morgan fingerprint density at radius 1 is 1.26 bits per heavy atom. The predicted octanol–water partition coefficient (Wildman–Crippen LogP) is 2.08. The molecular weight excluding hydrogens is 236 g/mol. The van der Waals surface area contributed by atoms with Gasteiger partial charge in [-0.15, -0.1) is 0 Å². The van der Waals surface area contributed by atoms with Gasteiger partial charge in [0.15, 0.2) is 0 Å². The van der Waals surface area contributed by atoms with Crippen LogP contribution < -0.4 is 10.6 Å². The number of morpholine rings is 1. The van der Waals surface area contributed by atoms with Crippen molar-refractivity contribution in [2.45, 2.75) is 39.8 Å². The Labute approximate surface area is 116 Å². The topological polar surface area (TPSA) is 33.3 Å². The normalized spacial score (nSPS) is 19.6. The fourth-order valence-corrected chi connectivity index (χ4v) is 2.51. The van der Waals surface area contributed by atoms with Gasteiger partial charge in [-0.25, -0.2) is 0 Å². The minimum absolute atomic E-state index is 0.516. The maximum Gasteiger partial charge on any atom is 0.0620 e. The lowest BCUT2D eigenvalue weighted by Crippen LogP contribution is -2.42. The Kier molecular flexibility index (Phi) is 5.37. The second-order valence-electron chi connectivity index (χ2n) is 5.48. The molecule has 0 aliphatic carbocycles. The van der Waals surface area contributed by atoms with Gasteiger partial charge in [0.05, 0.1) is 13.2 Å². The Morgan fingerprint density at radius 2 is 2.11 bits per heavy atom. The van der Waals surface area contributed by atoms with E-state index in [0.29, 0.717) is 6.04 Å². The van der Waals surface area contributed by atoms with Gasteiger partial charge in [0, 0.05) is 19.1 Å². The third-order valence-electron chi connectivity index (χ3n) is 4.15. The Balaban J connectivity index is 1.75. The summed E-state index contributed by atoms with van der Waals surface area (Å²) in [5, 5.41) is 7.02. The van der Waals surface area contributed by atoms with Crippen molar-refractivity contribution in [1.29, 1.82) is 0 Å². The van der Waals surface area contributed by atoms with E-state index < -0.39 is 0 Å². The molecule has 0 spiro atoms. The van der Waals surface area contributed by atoms with Crippen LogP contribution in [0.25, 0.3) is 0 Å². The molecule has 1 atom stereocenters. The van der Waals surface area contributed by atoms with Gasteiger partial charge < -0.3 is 15.4 Å². The largest absolute Gasteiger partial charge is 0.379 e. The van der Waals surface area contributed by atoms with Crippen LogP contribution in [0.3, 0.4) is 0 Å². The van der Waals surface area contributed by atoms with Crippen LogP contribution in [-0.4, -0.2) is 32.3 Å². The molecule has 0 bridgehead atoms. The average Bonchev–Trinajstić information content (AvgIpc) is 2.44. The van der Waals surface area contributed by atoms with E-state index in [9.17, 15) is 0 Å². The fraction of sp³-hybridized carbons (Fsp3) is 0.625. The number of benzene rings is 1. The molecule has 1 aromatic carbocycles. The first-order valence-corrected chi connectivity index (χ1v) is 7.26. The van der Waals surface area contributed by atoms with Crippen LogP contribution in [0, 0.1) is 20.8 Å². The summed E-state index contributed by atoms with van der Waals surface area (Å²) in [5.41, 5.74) is 5.63. The summed E-state index contributed by atoms with van der Waals surface area (Å²) in [6.45, 7) is 11.3. The Hall–Kier alpha value is -0.900. The molecule has 106 valence electrons. The molecule has 19 heavy (non-hydrogen) atoms. The van der Waals surface area contributed by atoms with E-state index in [1.165, 1.54) is 22.3 Å². The molecule has 3 heteroatoms. The first-order valence-electron chi connectivity index (χ1n) is 7.26. The lowest BCUT2D eigenvalue weighted by Gasteiger charge is -2.23. The minimum Gasteiger partial charge on any atom is -0.379 e. The summed E-state index contributed by atoms with van der Waals surface area (Å²) in [7, 11) is 0. The van der Waals surface area contributed by atoms with Crippen molar-refractivity contribution in [3.05, 3.63) is 34.4 Å². The molecule has 0 radical (unpaired) electrons. The summed E-state index contributed by atoms with van der Waals surface area (Å²) in [4.78, 5) is 0. The van der Waals surface area contributed by atoms with E-state index in [2.05, 4.69) is 43.5 Å². The third kappa shape index (κ3) is 4.03. The Bertz CT molecular complexity index is 411. The molecule has 1 aliphatic rings. The molecule has 1 saturated heterocycles. The molecule has 0 saturated carbocycles. The van der Waals surface area contributed by atoms with Crippen molar-refractivity contribution in [1.82, 2.24) is 10.6 Å². The van der Waals surface area contributed by atoms with Crippen molar-refractivity contribution in [2.24, 2.45) is 0 Å². The summed E-state index contributed by atoms with van der Waals surface area (Å²) in [6, 6.07) is 4.98. The maximum absolute atomic E-state index is 5.46. The zero-order valence-corrected chi connectivity index (χ0v) is 12.4. The molecular formula is C16H26N2O. The molecule has 1 unspecified atom stereocenters. The molecule has 0 aromatic heterocycles. The summed E-state index contributed by atoms with van der Waals surface area (Å²) < 4.78 is 5.46. The summed E-state index contributed by atoms with van der Waals surface area (Å²) in [6.07, 6.45) is 1.13. The Morgan fingerprint density at radius 3 is 2.84 bits per heavy atom. The number of hydrogen-bond donors (Lipinski definition) is 2. The molecule has 1 heterocycles.